The van der Waals surface area contributed by atoms with Gasteiger partial charge in [-0.25, -0.2) is 0 Å². The fraction of sp³-hybridized carbons (Fsp3) is 0.400. The van der Waals surface area contributed by atoms with Crippen LogP contribution in [0.5, 0.6) is 5.75 Å². The summed E-state index contributed by atoms with van der Waals surface area (Å²) >= 11 is 0. The zero-order chi connectivity index (χ0) is 22.5. The number of carbonyl (C=O) groups is 1. The van der Waals surface area contributed by atoms with Gasteiger partial charge in [0.2, 0.25) is 17.6 Å². The van der Waals surface area contributed by atoms with Crippen LogP contribution in [0.2, 0.25) is 0 Å². The molecule has 7 heteroatoms. The Balaban J connectivity index is 1.29. The molecule has 1 saturated heterocycles. The second-order valence-electron chi connectivity index (χ2n) is 8.47. The van der Waals surface area contributed by atoms with Crippen molar-refractivity contribution >= 4 is 5.91 Å². The Morgan fingerprint density at radius 1 is 1.19 bits per heavy atom. The van der Waals surface area contributed by atoms with Crippen molar-refractivity contribution in [3.05, 3.63) is 65.5 Å². The van der Waals surface area contributed by atoms with Gasteiger partial charge in [0.05, 0.1) is 13.7 Å². The van der Waals surface area contributed by atoms with Gasteiger partial charge in [0, 0.05) is 25.1 Å². The van der Waals surface area contributed by atoms with E-state index in [9.17, 15) is 4.79 Å². The smallest absolute Gasteiger partial charge is 0.246 e. The number of nitrogens with zero attached hydrogens (tertiary/aromatic N) is 4. The van der Waals surface area contributed by atoms with Crippen LogP contribution in [-0.2, 0) is 17.9 Å². The molecule has 3 aromatic rings. The topological polar surface area (TPSA) is 71.7 Å². The first kappa shape index (κ1) is 22.0. The van der Waals surface area contributed by atoms with Crippen LogP contribution in [0, 0.1) is 12.8 Å². The molecule has 0 bridgehead atoms. The Kier molecular flexibility index (Phi) is 6.85. The van der Waals surface area contributed by atoms with Crippen molar-refractivity contribution in [2.75, 3.05) is 27.2 Å². The normalized spacial score (nSPS) is 15.0. The molecule has 1 amide bonds. The molecule has 1 aliphatic heterocycles. The van der Waals surface area contributed by atoms with E-state index in [2.05, 4.69) is 46.2 Å². The lowest BCUT2D eigenvalue weighted by Gasteiger charge is -2.33. The summed E-state index contributed by atoms with van der Waals surface area (Å²) in [5.74, 6) is 1.82. The van der Waals surface area contributed by atoms with Crippen molar-refractivity contribution in [1.82, 2.24) is 19.9 Å². The van der Waals surface area contributed by atoms with Crippen molar-refractivity contribution in [3.8, 4) is 17.1 Å². The Bertz CT molecular complexity index is 1040. The average Bonchev–Trinajstić information content (AvgIpc) is 3.29. The Morgan fingerprint density at radius 3 is 2.66 bits per heavy atom. The maximum atomic E-state index is 13.0. The van der Waals surface area contributed by atoms with Crippen LogP contribution in [0.25, 0.3) is 11.4 Å². The summed E-state index contributed by atoms with van der Waals surface area (Å²) < 4.78 is 10.6. The number of piperidine rings is 1. The summed E-state index contributed by atoms with van der Waals surface area (Å²) in [6.07, 6.45) is 1.74. The van der Waals surface area contributed by atoms with E-state index in [-0.39, 0.29) is 11.8 Å². The molecule has 168 valence electrons. The molecular weight excluding hydrogens is 404 g/mol. The minimum Gasteiger partial charge on any atom is -0.497 e. The van der Waals surface area contributed by atoms with Gasteiger partial charge in [-0.15, -0.1) is 0 Å². The van der Waals surface area contributed by atoms with Crippen molar-refractivity contribution in [2.24, 2.45) is 5.92 Å². The van der Waals surface area contributed by atoms with Crippen molar-refractivity contribution < 1.29 is 14.1 Å². The molecule has 1 aromatic heterocycles. The molecule has 0 unspecified atom stereocenters. The summed E-state index contributed by atoms with van der Waals surface area (Å²) in [4.78, 5) is 21.5. The molecule has 2 heterocycles. The largest absolute Gasteiger partial charge is 0.497 e. The van der Waals surface area contributed by atoms with Crippen LogP contribution >= 0.6 is 0 Å². The molecule has 32 heavy (non-hydrogen) atoms. The lowest BCUT2D eigenvalue weighted by Crippen LogP contribution is -2.40. The third kappa shape index (κ3) is 5.34. The van der Waals surface area contributed by atoms with Crippen LogP contribution in [0.1, 0.15) is 29.9 Å². The first-order valence-electron chi connectivity index (χ1n) is 11.0. The van der Waals surface area contributed by atoms with Gasteiger partial charge in [0.1, 0.15) is 5.75 Å². The third-order valence-corrected chi connectivity index (χ3v) is 6.01. The quantitative estimate of drug-likeness (QED) is 0.561. The zero-order valence-electron chi connectivity index (χ0n) is 19.0. The van der Waals surface area contributed by atoms with Crippen LogP contribution < -0.4 is 4.74 Å². The number of carbonyl (C=O) groups excluding carboxylic acids is 1. The molecular formula is C25H30N4O3. The van der Waals surface area contributed by atoms with Crippen molar-refractivity contribution in [3.63, 3.8) is 0 Å². The Morgan fingerprint density at radius 2 is 1.94 bits per heavy atom. The summed E-state index contributed by atoms with van der Waals surface area (Å²) in [5, 5.41) is 4.06. The number of hydrogen-bond donors (Lipinski definition) is 0. The summed E-state index contributed by atoms with van der Waals surface area (Å²) in [5.41, 5.74) is 3.41. The second-order valence-corrected chi connectivity index (χ2v) is 8.47. The molecule has 0 aliphatic carbocycles. The van der Waals surface area contributed by atoms with Crippen LogP contribution in [0.4, 0.5) is 0 Å². The molecule has 0 spiro atoms. The molecule has 1 fully saturated rings. The Hall–Kier alpha value is -3.19. The van der Waals surface area contributed by atoms with Crippen molar-refractivity contribution in [2.45, 2.75) is 32.9 Å². The highest BCUT2D eigenvalue weighted by Gasteiger charge is 2.28. The average molecular weight is 435 g/mol. The van der Waals surface area contributed by atoms with Crippen LogP contribution in [0.15, 0.2) is 53.1 Å². The van der Waals surface area contributed by atoms with E-state index < -0.39 is 0 Å². The van der Waals surface area contributed by atoms with E-state index in [4.69, 9.17) is 9.26 Å². The molecule has 0 N–H and O–H groups in total. The summed E-state index contributed by atoms with van der Waals surface area (Å²) in [6.45, 7) is 5.20. The molecule has 0 atom stereocenters. The number of amides is 1. The number of hydrogen-bond acceptors (Lipinski definition) is 6. The number of methoxy groups -OCH3 is 1. The number of rotatable bonds is 7. The number of ether oxygens (including phenoxy) is 1. The van der Waals surface area contributed by atoms with Gasteiger partial charge in [-0.05, 0) is 50.6 Å². The highest BCUT2D eigenvalue weighted by molar-refractivity contribution is 5.78. The predicted octanol–water partition coefficient (Wildman–Crippen LogP) is 3.92. The second kappa shape index (κ2) is 9.96. The lowest BCUT2D eigenvalue weighted by molar-refractivity contribution is -0.136. The van der Waals surface area contributed by atoms with E-state index in [1.807, 2.05) is 24.3 Å². The standard InChI is InChI=1S/C25H30N4O3/c1-18-7-9-19(10-8-18)16-29-13-11-20(12-14-29)25(30)28(2)17-23-26-24(27-32-23)21-5-4-6-22(15-21)31-3/h4-10,15,20H,11-14,16-17H2,1-3H3. The highest BCUT2D eigenvalue weighted by Crippen LogP contribution is 2.23. The summed E-state index contributed by atoms with van der Waals surface area (Å²) in [6, 6.07) is 16.2. The fourth-order valence-electron chi connectivity index (χ4n) is 4.08. The molecule has 0 saturated carbocycles. The molecule has 4 rings (SSSR count). The molecule has 7 nitrogen and oxygen atoms in total. The SMILES string of the molecule is COc1cccc(-c2noc(CN(C)C(=O)C3CCN(Cc4ccc(C)cc4)CC3)n2)c1. The van der Waals surface area contributed by atoms with E-state index in [1.54, 1.807) is 19.1 Å². The van der Waals surface area contributed by atoms with E-state index >= 15 is 0 Å². The van der Waals surface area contributed by atoms with Gasteiger partial charge >= 0.3 is 0 Å². The van der Waals surface area contributed by atoms with Gasteiger partial charge < -0.3 is 14.2 Å². The monoisotopic (exact) mass is 434 g/mol. The minimum atomic E-state index is 0.0371. The maximum Gasteiger partial charge on any atom is 0.246 e. The molecule has 1 aliphatic rings. The molecule has 2 aromatic carbocycles. The Labute approximate surface area is 189 Å². The first-order valence-corrected chi connectivity index (χ1v) is 11.0. The fourth-order valence-corrected chi connectivity index (χ4v) is 4.08. The number of benzene rings is 2. The molecule has 0 radical (unpaired) electrons. The van der Waals surface area contributed by atoms with Gasteiger partial charge in [-0.1, -0.05) is 47.1 Å². The van der Waals surface area contributed by atoms with Gasteiger partial charge in [-0.3, -0.25) is 9.69 Å². The first-order chi connectivity index (χ1) is 15.5. The number of aromatic nitrogens is 2. The van der Waals surface area contributed by atoms with Crippen molar-refractivity contribution in [1.29, 1.82) is 0 Å². The lowest BCUT2D eigenvalue weighted by atomic mass is 9.95. The van der Waals surface area contributed by atoms with Gasteiger partial charge in [0.25, 0.3) is 0 Å². The van der Waals surface area contributed by atoms with E-state index in [0.717, 1.165) is 43.8 Å². The number of likely N-dealkylation sites (tertiary alicyclic amines) is 1. The highest BCUT2D eigenvalue weighted by atomic mass is 16.5. The van der Waals surface area contributed by atoms with Crippen LogP contribution in [-0.4, -0.2) is 53.1 Å². The van der Waals surface area contributed by atoms with E-state index in [1.165, 1.54) is 11.1 Å². The number of aryl methyl sites for hydroxylation is 1. The van der Waals surface area contributed by atoms with Gasteiger partial charge in [0.15, 0.2) is 0 Å². The predicted molar refractivity (Wildman–Crippen MR) is 122 cm³/mol. The third-order valence-electron chi connectivity index (χ3n) is 6.01. The zero-order valence-corrected chi connectivity index (χ0v) is 19.0. The minimum absolute atomic E-state index is 0.0371. The van der Waals surface area contributed by atoms with Gasteiger partial charge in [-0.2, -0.15) is 4.98 Å². The van der Waals surface area contributed by atoms with E-state index in [0.29, 0.717) is 18.3 Å². The van der Waals surface area contributed by atoms with Crippen LogP contribution in [0.3, 0.4) is 0 Å². The maximum absolute atomic E-state index is 13.0. The summed E-state index contributed by atoms with van der Waals surface area (Å²) in [7, 11) is 3.42.